The van der Waals surface area contributed by atoms with Gasteiger partial charge < -0.3 is 14.7 Å². The van der Waals surface area contributed by atoms with Crippen molar-refractivity contribution in [3.05, 3.63) is 0 Å². The average molecular weight is 327 g/mol. The number of hydrogen-bond acceptors (Lipinski definition) is 3. The summed E-state index contributed by atoms with van der Waals surface area (Å²) in [5.41, 5.74) is 0. The normalized spacial score (nSPS) is 37.8. The quantitative estimate of drug-likeness (QED) is 0.810. The number of alkyl halides is 1. The Morgan fingerprint density at radius 1 is 0.957 bits per heavy atom. The van der Waals surface area contributed by atoms with Gasteiger partial charge in [-0.05, 0) is 70.4 Å². The topological polar surface area (TPSA) is 32.7 Å². The molecule has 0 aromatic carbocycles. The molecule has 0 spiro atoms. The van der Waals surface area contributed by atoms with Crippen LogP contribution in [0.5, 0.6) is 0 Å². The van der Waals surface area contributed by atoms with Crippen LogP contribution in [0, 0.1) is 11.8 Å². The van der Waals surface area contributed by atoms with E-state index in [1.165, 1.54) is 25.9 Å². The highest BCUT2D eigenvalue weighted by Crippen LogP contribution is 2.37. The van der Waals surface area contributed by atoms with Crippen molar-refractivity contribution in [3.8, 4) is 0 Å². The van der Waals surface area contributed by atoms with Gasteiger partial charge in [0.05, 0.1) is 18.8 Å². The molecular weight excluding hydrogens is 293 g/mol. The SMILES string of the molecule is OC(C1CCC(OCCN2CCCC2)CC1)C1CCCCC1F. The van der Waals surface area contributed by atoms with Crippen LogP contribution in [0.15, 0.2) is 0 Å². The molecule has 3 atom stereocenters. The van der Waals surface area contributed by atoms with Gasteiger partial charge in [0.25, 0.3) is 0 Å². The summed E-state index contributed by atoms with van der Waals surface area (Å²) < 4.78 is 20.1. The van der Waals surface area contributed by atoms with Crippen molar-refractivity contribution < 1.29 is 14.2 Å². The molecule has 3 nitrogen and oxygen atoms in total. The molecule has 134 valence electrons. The maximum absolute atomic E-state index is 14.1. The summed E-state index contributed by atoms with van der Waals surface area (Å²) in [5.74, 6) is 0.177. The van der Waals surface area contributed by atoms with Crippen molar-refractivity contribution in [1.29, 1.82) is 0 Å². The zero-order chi connectivity index (χ0) is 16.1. The first kappa shape index (κ1) is 17.6. The molecule has 1 aliphatic heterocycles. The fraction of sp³-hybridized carbons (Fsp3) is 1.00. The Balaban J connectivity index is 1.34. The van der Waals surface area contributed by atoms with Gasteiger partial charge in [-0.2, -0.15) is 0 Å². The van der Waals surface area contributed by atoms with Crippen molar-refractivity contribution >= 4 is 0 Å². The fourth-order valence-corrected chi connectivity index (χ4v) is 4.80. The molecule has 23 heavy (non-hydrogen) atoms. The smallest absolute Gasteiger partial charge is 0.105 e. The van der Waals surface area contributed by atoms with Gasteiger partial charge in [-0.25, -0.2) is 4.39 Å². The van der Waals surface area contributed by atoms with Gasteiger partial charge in [-0.3, -0.25) is 0 Å². The minimum absolute atomic E-state index is 0.110. The molecule has 0 aromatic heterocycles. The third-order valence-electron chi connectivity index (χ3n) is 6.33. The lowest BCUT2D eigenvalue weighted by molar-refractivity contribution is -0.0448. The molecule has 0 aromatic rings. The molecule has 1 heterocycles. The zero-order valence-electron chi connectivity index (χ0n) is 14.5. The lowest BCUT2D eigenvalue weighted by Gasteiger charge is -2.37. The first-order valence-corrected chi connectivity index (χ1v) is 9.90. The minimum atomic E-state index is -0.784. The van der Waals surface area contributed by atoms with Gasteiger partial charge in [0.1, 0.15) is 6.17 Å². The van der Waals surface area contributed by atoms with Crippen molar-refractivity contribution in [3.63, 3.8) is 0 Å². The predicted molar refractivity (Wildman–Crippen MR) is 90.2 cm³/mol. The first-order valence-electron chi connectivity index (χ1n) is 9.90. The van der Waals surface area contributed by atoms with Crippen molar-refractivity contribution in [2.24, 2.45) is 11.8 Å². The van der Waals surface area contributed by atoms with Gasteiger partial charge in [-0.1, -0.05) is 12.8 Å². The molecule has 0 bridgehead atoms. The Morgan fingerprint density at radius 2 is 1.65 bits per heavy atom. The van der Waals surface area contributed by atoms with E-state index in [1.807, 2.05) is 0 Å². The highest BCUT2D eigenvalue weighted by atomic mass is 19.1. The van der Waals surface area contributed by atoms with Gasteiger partial charge in [0.15, 0.2) is 0 Å². The van der Waals surface area contributed by atoms with Gasteiger partial charge in [-0.15, -0.1) is 0 Å². The number of ether oxygens (including phenoxy) is 1. The van der Waals surface area contributed by atoms with Crippen molar-refractivity contribution in [2.75, 3.05) is 26.2 Å². The van der Waals surface area contributed by atoms with E-state index in [-0.39, 0.29) is 11.8 Å². The highest BCUT2D eigenvalue weighted by Gasteiger charge is 2.37. The summed E-state index contributed by atoms with van der Waals surface area (Å²) in [5, 5.41) is 10.6. The highest BCUT2D eigenvalue weighted by molar-refractivity contribution is 4.87. The van der Waals surface area contributed by atoms with Gasteiger partial charge in [0, 0.05) is 12.5 Å². The van der Waals surface area contributed by atoms with Crippen LogP contribution in [0.1, 0.15) is 64.2 Å². The van der Waals surface area contributed by atoms with Gasteiger partial charge >= 0.3 is 0 Å². The first-order chi connectivity index (χ1) is 11.2. The summed E-state index contributed by atoms with van der Waals surface area (Å²) in [7, 11) is 0. The van der Waals surface area contributed by atoms with E-state index < -0.39 is 12.3 Å². The second kappa shape index (κ2) is 8.77. The van der Waals surface area contributed by atoms with Crippen LogP contribution in [0.25, 0.3) is 0 Å². The number of likely N-dealkylation sites (tertiary alicyclic amines) is 1. The van der Waals surface area contributed by atoms with E-state index in [0.717, 1.165) is 58.1 Å². The summed E-state index contributed by atoms with van der Waals surface area (Å²) >= 11 is 0. The fourth-order valence-electron chi connectivity index (χ4n) is 4.80. The van der Waals surface area contributed by atoms with E-state index in [2.05, 4.69) is 4.90 Å². The standard InChI is InChI=1S/C19H34FNO2/c20-18-6-2-1-5-17(18)19(22)15-7-9-16(10-8-15)23-14-13-21-11-3-4-12-21/h15-19,22H,1-14H2. The molecule has 3 aliphatic rings. The Labute approximate surface area is 140 Å². The van der Waals surface area contributed by atoms with Crippen LogP contribution >= 0.6 is 0 Å². The maximum atomic E-state index is 14.1. The number of nitrogens with zero attached hydrogens (tertiary/aromatic N) is 1. The van der Waals surface area contributed by atoms with Crippen LogP contribution in [0.2, 0.25) is 0 Å². The van der Waals surface area contributed by atoms with Crippen LogP contribution in [0.4, 0.5) is 4.39 Å². The lowest BCUT2D eigenvalue weighted by atomic mass is 9.74. The van der Waals surface area contributed by atoms with E-state index in [9.17, 15) is 9.50 Å². The van der Waals surface area contributed by atoms with Crippen molar-refractivity contribution in [1.82, 2.24) is 4.90 Å². The molecule has 3 fully saturated rings. The monoisotopic (exact) mass is 327 g/mol. The van der Waals surface area contributed by atoms with Crippen LogP contribution in [0.3, 0.4) is 0 Å². The molecule has 1 saturated heterocycles. The molecule has 0 amide bonds. The third kappa shape index (κ3) is 4.90. The number of aliphatic hydroxyl groups excluding tert-OH is 1. The molecule has 3 unspecified atom stereocenters. The molecule has 0 radical (unpaired) electrons. The second-order valence-electron chi connectivity index (χ2n) is 7.91. The molecule has 2 aliphatic carbocycles. The Kier molecular flexibility index (Phi) is 6.72. The average Bonchev–Trinajstić information content (AvgIpc) is 3.09. The van der Waals surface area contributed by atoms with E-state index in [0.29, 0.717) is 12.5 Å². The largest absolute Gasteiger partial charge is 0.392 e. The molecule has 2 saturated carbocycles. The summed E-state index contributed by atoms with van der Waals surface area (Å²) in [4.78, 5) is 2.49. The molecular formula is C19H34FNO2. The van der Waals surface area contributed by atoms with E-state index >= 15 is 0 Å². The second-order valence-corrected chi connectivity index (χ2v) is 7.91. The minimum Gasteiger partial charge on any atom is -0.392 e. The zero-order valence-corrected chi connectivity index (χ0v) is 14.5. The Bertz CT molecular complexity index is 340. The summed E-state index contributed by atoms with van der Waals surface area (Å²) in [6, 6.07) is 0. The van der Waals surface area contributed by atoms with Crippen LogP contribution in [-0.2, 0) is 4.74 Å². The van der Waals surface area contributed by atoms with Gasteiger partial charge in [0.2, 0.25) is 0 Å². The number of halogens is 1. The molecule has 4 heteroatoms. The van der Waals surface area contributed by atoms with E-state index in [1.54, 1.807) is 0 Å². The van der Waals surface area contributed by atoms with Crippen molar-refractivity contribution in [2.45, 2.75) is 82.6 Å². The van der Waals surface area contributed by atoms with Crippen LogP contribution < -0.4 is 0 Å². The van der Waals surface area contributed by atoms with Crippen LogP contribution in [-0.4, -0.2) is 54.6 Å². The third-order valence-corrected chi connectivity index (χ3v) is 6.33. The summed E-state index contributed by atoms with van der Waals surface area (Å²) in [6.45, 7) is 4.36. The van der Waals surface area contributed by atoms with E-state index in [4.69, 9.17) is 4.74 Å². The number of hydrogen-bond donors (Lipinski definition) is 1. The molecule has 3 rings (SSSR count). The molecule has 1 N–H and O–H groups in total. The number of aliphatic hydroxyl groups is 1. The predicted octanol–water partition coefficient (Wildman–Crippen LogP) is 3.55. The number of rotatable bonds is 6. The Morgan fingerprint density at radius 3 is 2.35 bits per heavy atom. The summed E-state index contributed by atoms with van der Waals surface area (Å²) in [6.07, 6.45) is 9.45. The Hall–Kier alpha value is -0.190. The maximum Gasteiger partial charge on any atom is 0.105 e. The lowest BCUT2D eigenvalue weighted by Crippen LogP contribution is -2.39.